The van der Waals surface area contributed by atoms with Crippen LogP contribution < -0.4 is 14.8 Å². The van der Waals surface area contributed by atoms with E-state index in [9.17, 15) is 8.78 Å². The Morgan fingerprint density at radius 3 is 2.83 bits per heavy atom. The van der Waals surface area contributed by atoms with Crippen molar-refractivity contribution in [1.82, 2.24) is 9.38 Å². The maximum Gasteiger partial charge on any atom is 0.586 e. The summed E-state index contributed by atoms with van der Waals surface area (Å²) in [6.07, 6.45) is -0.00674. The minimum atomic E-state index is -3.61. The average Bonchev–Trinajstić information content (AvgIpc) is 3.02. The van der Waals surface area contributed by atoms with Gasteiger partial charge >= 0.3 is 6.29 Å². The topological polar surface area (TPSA) is 47.8 Å². The van der Waals surface area contributed by atoms with Gasteiger partial charge in [-0.3, -0.25) is 0 Å². The molecular weight excluding hydrogens is 328 g/mol. The zero-order valence-electron chi connectivity index (χ0n) is 11.6. The SMILES string of the molecule is FC1(F)Oc2ccc(NCc3cn4cc(Cl)ccc4n3)cc2O1. The Kier molecular flexibility index (Phi) is 3.05. The van der Waals surface area contributed by atoms with Crippen LogP contribution in [0.4, 0.5) is 14.5 Å². The van der Waals surface area contributed by atoms with Gasteiger partial charge in [0.25, 0.3) is 0 Å². The Hall–Kier alpha value is -2.54. The fraction of sp³-hybridized carbons (Fsp3) is 0.133. The standard InChI is InChI=1S/C15H10ClF2N3O2/c16-9-1-4-14-20-11(8-21(14)7-9)6-19-10-2-3-12-13(5-10)23-15(17,18)22-12/h1-5,7-8,19H,6H2. The van der Waals surface area contributed by atoms with Crippen LogP contribution in [0.15, 0.2) is 42.7 Å². The predicted octanol–water partition coefficient (Wildman–Crippen LogP) is 3.92. The van der Waals surface area contributed by atoms with Gasteiger partial charge in [-0.05, 0) is 24.3 Å². The third-order valence-electron chi connectivity index (χ3n) is 3.34. The molecule has 2 aromatic heterocycles. The van der Waals surface area contributed by atoms with Crippen LogP contribution in [-0.2, 0) is 6.54 Å². The van der Waals surface area contributed by atoms with Crippen molar-refractivity contribution in [1.29, 1.82) is 0 Å². The van der Waals surface area contributed by atoms with Gasteiger partial charge in [-0.15, -0.1) is 8.78 Å². The van der Waals surface area contributed by atoms with Crippen LogP contribution in [0.2, 0.25) is 5.02 Å². The van der Waals surface area contributed by atoms with E-state index in [1.54, 1.807) is 18.3 Å². The number of nitrogens with one attached hydrogen (secondary N) is 1. The molecule has 1 aliphatic rings. The lowest BCUT2D eigenvalue weighted by Gasteiger charge is -2.05. The molecule has 23 heavy (non-hydrogen) atoms. The first-order valence-corrected chi connectivity index (χ1v) is 7.13. The van der Waals surface area contributed by atoms with Crippen molar-refractivity contribution < 1.29 is 18.3 Å². The zero-order valence-corrected chi connectivity index (χ0v) is 12.3. The molecule has 5 nitrogen and oxygen atoms in total. The summed E-state index contributed by atoms with van der Waals surface area (Å²) in [7, 11) is 0. The first kappa shape index (κ1) is 14.1. The third kappa shape index (κ3) is 2.75. The molecule has 4 rings (SSSR count). The van der Waals surface area contributed by atoms with Crippen LogP contribution in [0.1, 0.15) is 5.69 Å². The Bertz CT molecular complexity index is 898. The highest BCUT2D eigenvalue weighted by Gasteiger charge is 2.43. The number of rotatable bonds is 3. The molecule has 0 atom stereocenters. The molecule has 0 saturated carbocycles. The lowest BCUT2D eigenvalue weighted by atomic mass is 10.2. The van der Waals surface area contributed by atoms with Gasteiger partial charge in [0.15, 0.2) is 11.5 Å². The van der Waals surface area contributed by atoms with Crippen molar-refractivity contribution in [2.45, 2.75) is 12.8 Å². The van der Waals surface area contributed by atoms with Crippen LogP contribution in [0.25, 0.3) is 5.65 Å². The van der Waals surface area contributed by atoms with E-state index in [-0.39, 0.29) is 11.5 Å². The number of ether oxygens (including phenoxy) is 2. The van der Waals surface area contributed by atoms with Gasteiger partial charge in [-0.1, -0.05) is 11.6 Å². The Labute approximate surface area is 134 Å². The van der Waals surface area contributed by atoms with E-state index < -0.39 is 6.29 Å². The van der Waals surface area contributed by atoms with Crippen LogP contribution in [0, 0.1) is 0 Å². The number of aromatic nitrogens is 2. The molecule has 118 valence electrons. The van der Waals surface area contributed by atoms with Gasteiger partial charge in [-0.2, -0.15) is 0 Å². The highest BCUT2D eigenvalue weighted by molar-refractivity contribution is 6.30. The Balaban J connectivity index is 1.50. The second kappa shape index (κ2) is 4.99. The first-order chi connectivity index (χ1) is 11.0. The fourth-order valence-electron chi connectivity index (χ4n) is 2.35. The van der Waals surface area contributed by atoms with Crippen LogP contribution in [0.3, 0.4) is 0 Å². The minimum absolute atomic E-state index is 0.00165. The minimum Gasteiger partial charge on any atom is -0.395 e. The fourth-order valence-corrected chi connectivity index (χ4v) is 2.52. The maximum atomic E-state index is 13.0. The van der Waals surface area contributed by atoms with Gasteiger partial charge in [0, 0.05) is 24.1 Å². The number of halogens is 3. The monoisotopic (exact) mass is 337 g/mol. The van der Waals surface area contributed by atoms with Crippen molar-refractivity contribution in [3.05, 3.63) is 53.4 Å². The van der Waals surface area contributed by atoms with E-state index in [1.165, 1.54) is 12.1 Å². The Morgan fingerprint density at radius 2 is 1.96 bits per heavy atom. The quantitative estimate of drug-likeness (QED) is 0.787. The summed E-state index contributed by atoms with van der Waals surface area (Å²) in [6, 6.07) is 8.11. The molecule has 0 fully saturated rings. The summed E-state index contributed by atoms with van der Waals surface area (Å²) in [4.78, 5) is 4.43. The highest BCUT2D eigenvalue weighted by atomic mass is 35.5. The molecule has 0 spiro atoms. The molecule has 0 saturated heterocycles. The van der Waals surface area contributed by atoms with Gasteiger partial charge < -0.3 is 19.2 Å². The van der Waals surface area contributed by atoms with Gasteiger partial charge in [0.1, 0.15) is 5.65 Å². The van der Waals surface area contributed by atoms with Gasteiger partial charge in [0.05, 0.1) is 17.3 Å². The zero-order chi connectivity index (χ0) is 16.0. The van der Waals surface area contributed by atoms with Crippen molar-refractivity contribution in [3.8, 4) is 11.5 Å². The Morgan fingerprint density at radius 1 is 1.13 bits per heavy atom. The largest absolute Gasteiger partial charge is 0.586 e. The number of imidazole rings is 1. The number of hydrogen-bond donors (Lipinski definition) is 1. The molecule has 0 aliphatic carbocycles. The number of anilines is 1. The van der Waals surface area contributed by atoms with E-state index in [0.29, 0.717) is 17.3 Å². The normalized spacial score (nSPS) is 15.1. The van der Waals surface area contributed by atoms with Crippen molar-refractivity contribution in [3.63, 3.8) is 0 Å². The van der Waals surface area contributed by atoms with E-state index in [0.717, 1.165) is 11.3 Å². The molecule has 1 N–H and O–H groups in total. The summed E-state index contributed by atoms with van der Waals surface area (Å²) in [5.74, 6) is 0.0182. The summed E-state index contributed by atoms with van der Waals surface area (Å²) in [5, 5.41) is 3.72. The van der Waals surface area contributed by atoms with Crippen LogP contribution in [0.5, 0.6) is 11.5 Å². The van der Waals surface area contributed by atoms with Crippen molar-refractivity contribution in [2.24, 2.45) is 0 Å². The molecule has 1 aromatic carbocycles. The molecule has 0 bridgehead atoms. The number of pyridine rings is 1. The summed E-state index contributed by atoms with van der Waals surface area (Å²) in [6.45, 7) is 0.426. The molecule has 8 heteroatoms. The lowest BCUT2D eigenvalue weighted by molar-refractivity contribution is -0.286. The average molecular weight is 338 g/mol. The maximum absolute atomic E-state index is 13.0. The number of alkyl halides is 2. The summed E-state index contributed by atoms with van der Waals surface area (Å²) < 4.78 is 36.6. The summed E-state index contributed by atoms with van der Waals surface area (Å²) >= 11 is 5.93. The van der Waals surface area contributed by atoms with E-state index >= 15 is 0 Å². The molecule has 1 aliphatic heterocycles. The number of benzene rings is 1. The summed E-state index contributed by atoms with van der Waals surface area (Å²) in [5.41, 5.74) is 2.19. The van der Waals surface area contributed by atoms with E-state index in [1.807, 2.05) is 16.7 Å². The molecule has 0 unspecified atom stereocenters. The van der Waals surface area contributed by atoms with Crippen molar-refractivity contribution in [2.75, 3.05) is 5.32 Å². The number of nitrogens with zero attached hydrogens (tertiary/aromatic N) is 2. The molecule has 0 radical (unpaired) electrons. The van der Waals surface area contributed by atoms with E-state index in [4.69, 9.17) is 11.6 Å². The smallest absolute Gasteiger partial charge is 0.395 e. The lowest BCUT2D eigenvalue weighted by Crippen LogP contribution is -2.25. The van der Waals surface area contributed by atoms with Gasteiger partial charge in [-0.25, -0.2) is 4.98 Å². The van der Waals surface area contributed by atoms with Gasteiger partial charge in [0.2, 0.25) is 0 Å². The predicted molar refractivity (Wildman–Crippen MR) is 80.2 cm³/mol. The second-order valence-electron chi connectivity index (χ2n) is 5.03. The van der Waals surface area contributed by atoms with Crippen LogP contribution >= 0.6 is 11.6 Å². The first-order valence-electron chi connectivity index (χ1n) is 6.75. The number of hydrogen-bond acceptors (Lipinski definition) is 4. The van der Waals surface area contributed by atoms with E-state index in [2.05, 4.69) is 19.8 Å². The molecule has 3 aromatic rings. The molecule has 3 heterocycles. The third-order valence-corrected chi connectivity index (χ3v) is 3.56. The molecular formula is C15H10ClF2N3O2. The number of fused-ring (bicyclic) bond motifs is 2. The highest BCUT2D eigenvalue weighted by Crippen LogP contribution is 2.42. The molecule has 0 amide bonds. The second-order valence-corrected chi connectivity index (χ2v) is 5.46. The van der Waals surface area contributed by atoms with Crippen LogP contribution in [-0.4, -0.2) is 15.7 Å². The van der Waals surface area contributed by atoms with Crippen molar-refractivity contribution >= 4 is 22.9 Å².